The van der Waals surface area contributed by atoms with Gasteiger partial charge in [0.1, 0.15) is 0 Å². The van der Waals surface area contributed by atoms with Gasteiger partial charge in [0.25, 0.3) is 0 Å². The van der Waals surface area contributed by atoms with Gasteiger partial charge in [0.15, 0.2) is 5.06 Å². The van der Waals surface area contributed by atoms with Gasteiger partial charge in [-0.3, -0.25) is 0 Å². The Morgan fingerprint density at radius 1 is 1.33 bits per heavy atom. The average molecular weight is 155 g/mol. The smallest absolute Gasteiger partial charge is 0.161 e. The highest BCUT2D eigenvalue weighted by molar-refractivity contribution is 6.22. The summed E-state index contributed by atoms with van der Waals surface area (Å²) in [6, 6.07) is 0. The molecule has 1 unspecified atom stereocenters. The molecule has 0 heterocycles. The lowest BCUT2D eigenvalue weighted by molar-refractivity contribution is 0.0452. The molecule has 0 aromatic rings. The summed E-state index contributed by atoms with van der Waals surface area (Å²) in [7, 11) is 0. The lowest BCUT2D eigenvalue weighted by atomic mass is 10.2. The van der Waals surface area contributed by atoms with Crippen LogP contribution in [0.25, 0.3) is 0 Å². The molecule has 4 heteroatoms. The van der Waals surface area contributed by atoms with Gasteiger partial charge in [-0.2, -0.15) is 0 Å². The molecule has 0 aliphatic heterocycles. The Morgan fingerprint density at radius 2 is 1.89 bits per heavy atom. The van der Waals surface area contributed by atoms with Crippen LogP contribution in [0.15, 0.2) is 0 Å². The molecule has 3 N–H and O–H groups in total. The highest BCUT2D eigenvalue weighted by atomic mass is 35.5. The molecule has 0 rings (SSSR count). The molecule has 0 radical (unpaired) electrons. The molecule has 0 aliphatic rings. The molecular formula is C5H11ClO3. The van der Waals surface area contributed by atoms with E-state index in [2.05, 4.69) is 0 Å². The molecule has 1 atom stereocenters. The zero-order chi connectivity index (χ0) is 7.33. The van der Waals surface area contributed by atoms with Gasteiger partial charge in [0, 0.05) is 6.61 Å². The molecule has 0 saturated heterocycles. The number of alkyl halides is 1. The van der Waals surface area contributed by atoms with Crippen molar-refractivity contribution in [2.45, 2.75) is 17.9 Å². The zero-order valence-corrected chi connectivity index (χ0v) is 5.80. The largest absolute Gasteiger partial charge is 0.396 e. The predicted octanol–water partition coefficient (Wildman–Crippen LogP) is -0.321. The summed E-state index contributed by atoms with van der Waals surface area (Å²) in [4.78, 5) is 0. The van der Waals surface area contributed by atoms with Crippen LogP contribution in [0.3, 0.4) is 0 Å². The van der Waals surface area contributed by atoms with Crippen LogP contribution in [-0.4, -0.2) is 33.6 Å². The third-order valence-corrected chi connectivity index (χ3v) is 1.27. The number of rotatable bonds is 4. The van der Waals surface area contributed by atoms with Gasteiger partial charge in [-0.25, -0.2) is 0 Å². The molecule has 3 nitrogen and oxygen atoms in total. The van der Waals surface area contributed by atoms with E-state index in [0.717, 1.165) is 0 Å². The first-order valence-corrected chi connectivity index (χ1v) is 3.13. The van der Waals surface area contributed by atoms with Crippen molar-refractivity contribution >= 4 is 11.6 Å². The number of hydrogen-bond acceptors (Lipinski definition) is 3. The van der Waals surface area contributed by atoms with Crippen LogP contribution >= 0.6 is 11.6 Å². The third kappa shape index (κ3) is 4.66. The minimum atomic E-state index is -1.54. The van der Waals surface area contributed by atoms with Crippen LogP contribution in [0.2, 0.25) is 0 Å². The fourth-order valence-corrected chi connectivity index (χ4v) is 0.563. The summed E-state index contributed by atoms with van der Waals surface area (Å²) < 4.78 is 0. The summed E-state index contributed by atoms with van der Waals surface area (Å²) in [6.45, 7) is -0.496. The molecule has 0 aliphatic carbocycles. The number of hydrogen-bond donors (Lipinski definition) is 3. The van der Waals surface area contributed by atoms with Gasteiger partial charge in [-0.1, -0.05) is 11.6 Å². The fraction of sp³-hybridized carbons (Fsp3) is 1.00. The van der Waals surface area contributed by atoms with E-state index in [1.54, 1.807) is 0 Å². The van der Waals surface area contributed by atoms with E-state index in [1.165, 1.54) is 0 Å². The highest BCUT2D eigenvalue weighted by Crippen LogP contribution is 2.15. The molecule has 0 bridgehead atoms. The van der Waals surface area contributed by atoms with Crippen molar-refractivity contribution in [1.82, 2.24) is 0 Å². The van der Waals surface area contributed by atoms with E-state index in [0.29, 0.717) is 6.42 Å². The van der Waals surface area contributed by atoms with Crippen molar-refractivity contribution in [2.75, 3.05) is 13.2 Å². The molecule has 0 aromatic heterocycles. The average Bonchev–Trinajstić information content (AvgIpc) is 1.84. The predicted molar refractivity (Wildman–Crippen MR) is 34.2 cm³/mol. The Hall–Kier alpha value is 0.170. The van der Waals surface area contributed by atoms with Crippen molar-refractivity contribution in [1.29, 1.82) is 0 Å². The van der Waals surface area contributed by atoms with Crippen LogP contribution in [-0.2, 0) is 0 Å². The summed E-state index contributed by atoms with van der Waals surface area (Å²) >= 11 is 5.29. The van der Waals surface area contributed by atoms with Gasteiger partial charge in [0.2, 0.25) is 0 Å². The van der Waals surface area contributed by atoms with E-state index in [-0.39, 0.29) is 13.0 Å². The van der Waals surface area contributed by atoms with Gasteiger partial charge < -0.3 is 15.3 Å². The van der Waals surface area contributed by atoms with Crippen LogP contribution in [0.4, 0.5) is 0 Å². The van der Waals surface area contributed by atoms with Crippen LogP contribution in [0.1, 0.15) is 12.8 Å². The van der Waals surface area contributed by atoms with E-state index in [9.17, 15) is 0 Å². The van der Waals surface area contributed by atoms with Crippen LogP contribution in [0, 0.1) is 0 Å². The zero-order valence-electron chi connectivity index (χ0n) is 5.05. The molecule has 56 valence electrons. The second-order valence-corrected chi connectivity index (χ2v) is 2.61. The SMILES string of the molecule is OCCCC(O)(Cl)CO. The summed E-state index contributed by atoms with van der Waals surface area (Å²) in [5.41, 5.74) is 0. The number of aliphatic hydroxyl groups excluding tert-OH is 2. The molecule has 0 fully saturated rings. The van der Waals surface area contributed by atoms with Crippen LogP contribution in [0.5, 0.6) is 0 Å². The fourth-order valence-electron chi connectivity index (χ4n) is 0.429. The second-order valence-electron chi connectivity index (χ2n) is 1.90. The lowest BCUT2D eigenvalue weighted by Gasteiger charge is -2.15. The summed E-state index contributed by atoms with van der Waals surface area (Å²) in [6.07, 6.45) is 0.613. The van der Waals surface area contributed by atoms with Crippen molar-refractivity contribution in [3.8, 4) is 0 Å². The van der Waals surface area contributed by atoms with Crippen molar-refractivity contribution in [2.24, 2.45) is 0 Å². The second kappa shape index (κ2) is 4.06. The van der Waals surface area contributed by atoms with Gasteiger partial charge in [-0.15, -0.1) is 0 Å². The Morgan fingerprint density at radius 3 is 2.22 bits per heavy atom. The maximum absolute atomic E-state index is 8.86. The molecule has 0 amide bonds. The van der Waals surface area contributed by atoms with E-state index in [1.807, 2.05) is 0 Å². The Balaban J connectivity index is 3.33. The van der Waals surface area contributed by atoms with Crippen LogP contribution < -0.4 is 0 Å². The number of aliphatic hydroxyl groups is 3. The van der Waals surface area contributed by atoms with Crippen molar-refractivity contribution < 1.29 is 15.3 Å². The lowest BCUT2D eigenvalue weighted by Crippen LogP contribution is -2.25. The van der Waals surface area contributed by atoms with E-state index >= 15 is 0 Å². The molecular weight excluding hydrogens is 144 g/mol. The summed E-state index contributed by atoms with van der Waals surface area (Å²) in [5.74, 6) is 0. The van der Waals surface area contributed by atoms with E-state index in [4.69, 9.17) is 26.9 Å². The maximum Gasteiger partial charge on any atom is 0.161 e. The van der Waals surface area contributed by atoms with E-state index < -0.39 is 11.7 Å². The van der Waals surface area contributed by atoms with Crippen molar-refractivity contribution in [3.63, 3.8) is 0 Å². The Kier molecular flexibility index (Phi) is 4.14. The highest BCUT2D eigenvalue weighted by Gasteiger charge is 2.20. The van der Waals surface area contributed by atoms with Gasteiger partial charge in [-0.05, 0) is 12.8 Å². The maximum atomic E-state index is 8.86. The normalized spacial score (nSPS) is 17.3. The van der Waals surface area contributed by atoms with Gasteiger partial charge in [0.05, 0.1) is 6.61 Å². The first kappa shape index (κ1) is 9.17. The standard InChI is InChI=1S/C5H11ClO3/c6-5(9,4-8)2-1-3-7/h7-9H,1-4H2. The number of halogens is 1. The monoisotopic (exact) mass is 154 g/mol. The molecule has 0 saturated carbocycles. The van der Waals surface area contributed by atoms with Crippen molar-refractivity contribution in [3.05, 3.63) is 0 Å². The summed E-state index contributed by atoms with van der Waals surface area (Å²) in [5, 5.41) is 24.0. The minimum absolute atomic E-state index is 0.0188. The first-order chi connectivity index (χ1) is 4.12. The Bertz CT molecular complexity index is 74.6. The third-order valence-electron chi connectivity index (χ3n) is 0.960. The molecule has 0 aromatic carbocycles. The molecule has 9 heavy (non-hydrogen) atoms. The van der Waals surface area contributed by atoms with Gasteiger partial charge >= 0.3 is 0 Å². The Labute approximate surface area is 58.9 Å². The quantitative estimate of drug-likeness (QED) is 0.487. The first-order valence-electron chi connectivity index (χ1n) is 2.75. The minimum Gasteiger partial charge on any atom is -0.396 e. The molecule has 0 spiro atoms. The topological polar surface area (TPSA) is 60.7 Å².